The second kappa shape index (κ2) is 11.5. The zero-order valence-electron chi connectivity index (χ0n) is 15.1. The Morgan fingerprint density at radius 1 is 0.923 bits per heavy atom. The van der Waals surface area contributed by atoms with Gasteiger partial charge in [0.1, 0.15) is 12.4 Å². The molecule has 0 radical (unpaired) electrons. The number of hydrogen-bond acceptors (Lipinski definition) is 5. The lowest BCUT2D eigenvalue weighted by molar-refractivity contribution is 0.262. The number of rotatable bonds is 12. The van der Waals surface area contributed by atoms with Crippen molar-refractivity contribution in [1.29, 1.82) is 0 Å². The molecule has 6 heteroatoms. The molecule has 0 aliphatic rings. The number of hydrogen-bond donors (Lipinski definition) is 3. The SMILES string of the molecule is CCOc1cccc(CNCCNCCO)c1OCc1ccccc1F. The Morgan fingerprint density at radius 2 is 1.69 bits per heavy atom. The van der Waals surface area contributed by atoms with Gasteiger partial charge in [0.05, 0.1) is 13.2 Å². The average molecular weight is 362 g/mol. The number of benzene rings is 2. The molecule has 0 spiro atoms. The van der Waals surface area contributed by atoms with E-state index in [0.29, 0.717) is 36.8 Å². The zero-order valence-corrected chi connectivity index (χ0v) is 15.1. The molecule has 0 unspecified atom stereocenters. The molecule has 0 amide bonds. The molecule has 0 saturated heterocycles. The van der Waals surface area contributed by atoms with Crippen LogP contribution in [-0.2, 0) is 13.2 Å². The maximum Gasteiger partial charge on any atom is 0.166 e. The lowest BCUT2D eigenvalue weighted by atomic mass is 10.1. The molecule has 0 fully saturated rings. The number of aliphatic hydroxyl groups excluding tert-OH is 1. The Balaban J connectivity index is 2.02. The summed E-state index contributed by atoms with van der Waals surface area (Å²) in [7, 11) is 0. The van der Waals surface area contributed by atoms with Gasteiger partial charge in [-0.1, -0.05) is 30.3 Å². The quantitative estimate of drug-likeness (QED) is 0.507. The van der Waals surface area contributed by atoms with E-state index in [4.69, 9.17) is 14.6 Å². The molecule has 0 bridgehead atoms. The molecule has 26 heavy (non-hydrogen) atoms. The molecule has 3 N–H and O–H groups in total. The Hall–Kier alpha value is -2.15. The minimum absolute atomic E-state index is 0.129. The van der Waals surface area contributed by atoms with Crippen LogP contribution in [0.5, 0.6) is 11.5 Å². The standard InChI is InChI=1S/C20H27FN2O3/c1-2-25-19-9-5-7-16(14-23-11-10-22-12-13-24)20(19)26-15-17-6-3-4-8-18(17)21/h3-9,22-24H,2,10-15H2,1H3. The summed E-state index contributed by atoms with van der Waals surface area (Å²) in [6.45, 7) is 5.41. The van der Waals surface area contributed by atoms with E-state index in [0.717, 1.165) is 18.7 Å². The average Bonchev–Trinajstić information content (AvgIpc) is 2.65. The Labute approximate surface area is 154 Å². The van der Waals surface area contributed by atoms with Gasteiger partial charge in [0.25, 0.3) is 0 Å². The predicted octanol–water partition coefficient (Wildman–Crippen LogP) is 2.47. The van der Waals surface area contributed by atoms with E-state index in [9.17, 15) is 4.39 Å². The maximum atomic E-state index is 13.8. The van der Waals surface area contributed by atoms with Crippen LogP contribution < -0.4 is 20.1 Å². The van der Waals surface area contributed by atoms with Crippen LogP contribution in [0, 0.1) is 5.82 Å². The summed E-state index contributed by atoms with van der Waals surface area (Å²) in [4.78, 5) is 0. The zero-order chi connectivity index (χ0) is 18.6. The topological polar surface area (TPSA) is 62.8 Å². The van der Waals surface area contributed by atoms with Crippen molar-refractivity contribution in [3.8, 4) is 11.5 Å². The van der Waals surface area contributed by atoms with E-state index in [-0.39, 0.29) is 19.0 Å². The van der Waals surface area contributed by atoms with Gasteiger partial charge in [-0.3, -0.25) is 0 Å². The third-order valence-corrected chi connectivity index (χ3v) is 3.77. The van der Waals surface area contributed by atoms with E-state index in [2.05, 4.69) is 10.6 Å². The van der Waals surface area contributed by atoms with Crippen molar-refractivity contribution >= 4 is 0 Å². The normalized spacial score (nSPS) is 10.7. The fourth-order valence-corrected chi connectivity index (χ4v) is 2.50. The fraction of sp³-hybridized carbons (Fsp3) is 0.400. The smallest absolute Gasteiger partial charge is 0.166 e. The van der Waals surface area contributed by atoms with E-state index in [1.165, 1.54) is 6.07 Å². The third kappa shape index (κ3) is 6.29. The minimum atomic E-state index is -0.281. The van der Waals surface area contributed by atoms with Crippen molar-refractivity contribution in [2.45, 2.75) is 20.1 Å². The first-order chi connectivity index (χ1) is 12.8. The highest BCUT2D eigenvalue weighted by Crippen LogP contribution is 2.32. The maximum absolute atomic E-state index is 13.8. The van der Waals surface area contributed by atoms with E-state index in [1.54, 1.807) is 18.2 Å². The summed E-state index contributed by atoms with van der Waals surface area (Å²) in [5.74, 6) is 1.01. The van der Waals surface area contributed by atoms with Gasteiger partial charge >= 0.3 is 0 Å². The van der Waals surface area contributed by atoms with Gasteiger partial charge in [-0.2, -0.15) is 0 Å². The molecular weight excluding hydrogens is 335 g/mol. The summed E-state index contributed by atoms with van der Waals surface area (Å²) in [6, 6.07) is 12.3. The summed E-state index contributed by atoms with van der Waals surface area (Å²) in [6.07, 6.45) is 0. The molecule has 0 aromatic heterocycles. The molecule has 0 saturated carbocycles. The van der Waals surface area contributed by atoms with E-state index < -0.39 is 0 Å². The minimum Gasteiger partial charge on any atom is -0.490 e. The number of ether oxygens (including phenoxy) is 2. The molecular formula is C20H27FN2O3. The monoisotopic (exact) mass is 362 g/mol. The highest BCUT2D eigenvalue weighted by Gasteiger charge is 2.12. The van der Waals surface area contributed by atoms with Crippen molar-refractivity contribution in [2.24, 2.45) is 0 Å². The molecule has 5 nitrogen and oxygen atoms in total. The molecule has 0 aliphatic heterocycles. The number of halogens is 1. The van der Waals surface area contributed by atoms with Crippen molar-refractivity contribution in [2.75, 3.05) is 32.8 Å². The van der Waals surface area contributed by atoms with Crippen LogP contribution in [0.4, 0.5) is 4.39 Å². The van der Waals surface area contributed by atoms with Gasteiger partial charge in [-0.15, -0.1) is 0 Å². The molecule has 0 heterocycles. The second-order valence-corrected chi connectivity index (χ2v) is 5.71. The molecule has 142 valence electrons. The van der Waals surface area contributed by atoms with Crippen molar-refractivity contribution in [3.63, 3.8) is 0 Å². The third-order valence-electron chi connectivity index (χ3n) is 3.77. The predicted molar refractivity (Wildman–Crippen MR) is 100 cm³/mol. The lowest BCUT2D eigenvalue weighted by Gasteiger charge is -2.17. The van der Waals surface area contributed by atoms with Crippen LogP contribution in [0.1, 0.15) is 18.1 Å². The largest absolute Gasteiger partial charge is 0.490 e. The van der Waals surface area contributed by atoms with E-state index >= 15 is 0 Å². The van der Waals surface area contributed by atoms with Gasteiger partial charge in [0.15, 0.2) is 11.5 Å². The summed E-state index contributed by atoms with van der Waals surface area (Å²) < 4.78 is 25.4. The Bertz CT molecular complexity index is 667. The highest BCUT2D eigenvalue weighted by molar-refractivity contribution is 5.46. The van der Waals surface area contributed by atoms with E-state index in [1.807, 2.05) is 25.1 Å². The molecule has 0 atom stereocenters. The molecule has 0 aliphatic carbocycles. The second-order valence-electron chi connectivity index (χ2n) is 5.71. The van der Waals surface area contributed by atoms with Gasteiger partial charge in [0.2, 0.25) is 0 Å². The summed E-state index contributed by atoms with van der Waals surface area (Å²) in [5.41, 5.74) is 1.46. The fourth-order valence-electron chi connectivity index (χ4n) is 2.50. The van der Waals surface area contributed by atoms with Gasteiger partial charge in [-0.25, -0.2) is 4.39 Å². The Kier molecular flexibility index (Phi) is 8.89. The van der Waals surface area contributed by atoms with Crippen molar-refractivity contribution < 1.29 is 19.0 Å². The molecule has 2 aromatic carbocycles. The van der Waals surface area contributed by atoms with Crippen LogP contribution >= 0.6 is 0 Å². The summed E-state index contributed by atoms with van der Waals surface area (Å²) >= 11 is 0. The van der Waals surface area contributed by atoms with Crippen LogP contribution in [0.2, 0.25) is 0 Å². The van der Waals surface area contributed by atoms with Crippen molar-refractivity contribution in [3.05, 3.63) is 59.4 Å². The van der Waals surface area contributed by atoms with Crippen LogP contribution in [0.25, 0.3) is 0 Å². The number of aliphatic hydroxyl groups is 1. The van der Waals surface area contributed by atoms with Crippen molar-refractivity contribution in [1.82, 2.24) is 10.6 Å². The Morgan fingerprint density at radius 3 is 2.46 bits per heavy atom. The lowest BCUT2D eigenvalue weighted by Crippen LogP contribution is -2.28. The summed E-state index contributed by atoms with van der Waals surface area (Å²) in [5, 5.41) is 15.2. The van der Waals surface area contributed by atoms with Gasteiger partial charge in [-0.05, 0) is 19.1 Å². The van der Waals surface area contributed by atoms with Crippen LogP contribution in [-0.4, -0.2) is 38.0 Å². The number of para-hydroxylation sites is 1. The van der Waals surface area contributed by atoms with Gasteiger partial charge in [0, 0.05) is 37.3 Å². The molecule has 2 aromatic rings. The number of nitrogens with one attached hydrogen (secondary N) is 2. The van der Waals surface area contributed by atoms with Crippen LogP contribution in [0.3, 0.4) is 0 Å². The van der Waals surface area contributed by atoms with Gasteiger partial charge < -0.3 is 25.2 Å². The highest BCUT2D eigenvalue weighted by atomic mass is 19.1. The molecule has 2 rings (SSSR count). The first-order valence-electron chi connectivity index (χ1n) is 8.89. The first kappa shape index (κ1) is 20.2. The van der Waals surface area contributed by atoms with Crippen LogP contribution in [0.15, 0.2) is 42.5 Å². The first-order valence-corrected chi connectivity index (χ1v) is 8.89.